The van der Waals surface area contributed by atoms with Gasteiger partial charge in [-0.3, -0.25) is 19.8 Å². The van der Waals surface area contributed by atoms with Crippen LogP contribution in [0.2, 0.25) is 0 Å². The summed E-state index contributed by atoms with van der Waals surface area (Å²) in [6.07, 6.45) is 4.85. The summed E-state index contributed by atoms with van der Waals surface area (Å²) in [4.78, 5) is 27.5. The highest BCUT2D eigenvalue weighted by molar-refractivity contribution is 8.18. The van der Waals surface area contributed by atoms with Crippen molar-refractivity contribution in [1.82, 2.24) is 4.90 Å². The molecule has 1 aliphatic heterocycles. The second kappa shape index (κ2) is 10.2. The van der Waals surface area contributed by atoms with Crippen molar-refractivity contribution in [2.45, 2.75) is 6.54 Å². The number of amides is 1. The van der Waals surface area contributed by atoms with Gasteiger partial charge in [0.25, 0.3) is 11.6 Å². The van der Waals surface area contributed by atoms with Crippen molar-refractivity contribution < 1.29 is 14.1 Å². The molecule has 1 fully saturated rings. The Kier molecular flexibility index (Phi) is 6.88. The Balaban J connectivity index is 1.58. The Bertz CT molecular complexity index is 1260. The molecule has 1 amide bonds. The molecule has 1 aliphatic rings. The number of rotatable bonds is 7. The van der Waals surface area contributed by atoms with Gasteiger partial charge in [0.05, 0.1) is 28.9 Å². The Labute approximate surface area is 200 Å². The average Bonchev–Trinajstić information content (AvgIpc) is 3.44. The maximum Gasteiger partial charge on any atom is 0.269 e. The molecule has 2 heterocycles. The molecule has 1 saturated heterocycles. The van der Waals surface area contributed by atoms with Gasteiger partial charge in [-0.1, -0.05) is 12.1 Å². The van der Waals surface area contributed by atoms with Crippen molar-refractivity contribution in [3.63, 3.8) is 0 Å². The van der Waals surface area contributed by atoms with Gasteiger partial charge in [-0.2, -0.15) is 5.10 Å². The summed E-state index contributed by atoms with van der Waals surface area (Å²) < 4.78 is 5.40. The van der Waals surface area contributed by atoms with E-state index in [-0.39, 0.29) is 18.1 Å². The number of hydrogen-bond donors (Lipinski definition) is 0. The summed E-state index contributed by atoms with van der Waals surface area (Å²) in [6.45, 7) is 0.211. The van der Waals surface area contributed by atoms with Crippen molar-refractivity contribution >= 4 is 46.5 Å². The van der Waals surface area contributed by atoms with Crippen LogP contribution in [0.3, 0.4) is 0 Å². The van der Waals surface area contributed by atoms with Gasteiger partial charge in [0.2, 0.25) is 0 Å². The number of carbonyl (C=O) groups excluding carboxylic acids is 1. The van der Waals surface area contributed by atoms with E-state index in [4.69, 9.17) is 4.42 Å². The van der Waals surface area contributed by atoms with Gasteiger partial charge in [0.1, 0.15) is 5.76 Å². The third kappa shape index (κ3) is 5.41. The number of thioether (sulfide) groups is 1. The Morgan fingerprint density at radius 2 is 1.79 bits per heavy atom. The van der Waals surface area contributed by atoms with E-state index in [0.717, 1.165) is 11.3 Å². The molecule has 2 aromatic carbocycles. The first-order valence-electron chi connectivity index (χ1n) is 10.3. The molecule has 9 nitrogen and oxygen atoms in total. The fraction of sp³-hybridized carbons (Fsp3) is 0.125. The van der Waals surface area contributed by atoms with Gasteiger partial charge in [-0.25, -0.2) is 0 Å². The molecule has 0 unspecified atom stereocenters. The quantitative estimate of drug-likeness (QED) is 0.211. The van der Waals surface area contributed by atoms with E-state index in [0.29, 0.717) is 21.4 Å². The third-order valence-electron chi connectivity index (χ3n) is 4.94. The number of anilines is 1. The van der Waals surface area contributed by atoms with Crippen LogP contribution in [0.5, 0.6) is 0 Å². The molecule has 172 valence electrons. The van der Waals surface area contributed by atoms with E-state index in [1.807, 2.05) is 43.3 Å². The van der Waals surface area contributed by atoms with Gasteiger partial charge in [-0.05, 0) is 65.4 Å². The second-order valence-electron chi connectivity index (χ2n) is 7.54. The smallest absolute Gasteiger partial charge is 0.269 e. The molecule has 0 radical (unpaired) electrons. The lowest BCUT2D eigenvalue weighted by molar-refractivity contribution is -0.384. The van der Waals surface area contributed by atoms with Crippen LogP contribution in [-0.2, 0) is 11.3 Å². The summed E-state index contributed by atoms with van der Waals surface area (Å²) in [5, 5.41) is 19.8. The van der Waals surface area contributed by atoms with Crippen LogP contribution < -0.4 is 4.90 Å². The Morgan fingerprint density at radius 1 is 1.09 bits per heavy atom. The molecule has 34 heavy (non-hydrogen) atoms. The molecular weight excluding hydrogens is 454 g/mol. The second-order valence-corrected chi connectivity index (χ2v) is 8.55. The lowest BCUT2D eigenvalue weighted by Gasteiger charge is -2.12. The number of carbonyl (C=O) groups is 1. The first-order chi connectivity index (χ1) is 16.4. The van der Waals surface area contributed by atoms with E-state index in [9.17, 15) is 14.9 Å². The normalized spacial score (nSPS) is 16.2. The van der Waals surface area contributed by atoms with Crippen LogP contribution in [0.4, 0.5) is 11.4 Å². The van der Waals surface area contributed by atoms with Crippen molar-refractivity contribution in [3.8, 4) is 0 Å². The lowest BCUT2D eigenvalue weighted by atomic mass is 10.2. The zero-order valence-corrected chi connectivity index (χ0v) is 19.3. The Hall–Kier alpha value is -4.18. The SMILES string of the molecule is CN(C)c1ccc(/C=N/N=C2\S/C(=C\c3ccc([N+](=O)[O-])cc3)C(=O)N2Cc2ccco2)cc1. The maximum absolute atomic E-state index is 13.1. The number of non-ortho nitro benzene ring substituents is 1. The zero-order valence-electron chi connectivity index (χ0n) is 18.5. The van der Waals surface area contributed by atoms with Crippen LogP contribution in [0.1, 0.15) is 16.9 Å². The lowest BCUT2D eigenvalue weighted by Crippen LogP contribution is -2.28. The molecule has 0 aliphatic carbocycles. The minimum absolute atomic E-state index is 0.0119. The number of nitro groups is 1. The summed E-state index contributed by atoms with van der Waals surface area (Å²) >= 11 is 1.19. The third-order valence-corrected chi connectivity index (χ3v) is 5.94. The monoisotopic (exact) mass is 475 g/mol. The molecular formula is C24H21N5O4S. The van der Waals surface area contributed by atoms with E-state index in [1.54, 1.807) is 42.8 Å². The molecule has 4 rings (SSSR count). The topological polar surface area (TPSA) is 105 Å². The summed E-state index contributed by atoms with van der Waals surface area (Å²) in [6, 6.07) is 17.4. The van der Waals surface area contributed by atoms with E-state index in [2.05, 4.69) is 10.2 Å². The zero-order chi connectivity index (χ0) is 24.1. The van der Waals surface area contributed by atoms with E-state index < -0.39 is 4.92 Å². The highest BCUT2D eigenvalue weighted by Gasteiger charge is 2.34. The minimum atomic E-state index is -0.464. The number of amidine groups is 1. The highest BCUT2D eigenvalue weighted by Crippen LogP contribution is 2.34. The Morgan fingerprint density at radius 3 is 2.41 bits per heavy atom. The molecule has 0 bridgehead atoms. The summed E-state index contributed by atoms with van der Waals surface area (Å²) in [7, 11) is 3.94. The summed E-state index contributed by atoms with van der Waals surface area (Å²) in [5.41, 5.74) is 2.61. The number of nitrogens with zero attached hydrogens (tertiary/aromatic N) is 5. The van der Waals surface area contributed by atoms with Crippen LogP contribution in [0.25, 0.3) is 6.08 Å². The molecule has 0 atom stereocenters. The fourth-order valence-electron chi connectivity index (χ4n) is 3.13. The predicted octanol–water partition coefficient (Wildman–Crippen LogP) is 4.76. The van der Waals surface area contributed by atoms with Crippen molar-refractivity contribution in [2.75, 3.05) is 19.0 Å². The number of furan rings is 1. The van der Waals surface area contributed by atoms with Gasteiger partial charge < -0.3 is 9.32 Å². The number of hydrogen-bond acceptors (Lipinski definition) is 8. The van der Waals surface area contributed by atoms with Crippen molar-refractivity contribution in [3.05, 3.63) is 98.8 Å². The maximum atomic E-state index is 13.1. The standard InChI is InChI=1S/C24H21N5O4S/c1-27(2)19-9-7-18(8-10-19)15-25-26-24-28(16-21-4-3-13-33-21)23(30)22(34-24)14-17-5-11-20(12-6-17)29(31)32/h3-15H,16H2,1-2H3/b22-14-,25-15+,26-24-. The first kappa shape index (κ1) is 23.0. The molecule has 1 aromatic heterocycles. The first-order valence-corrected chi connectivity index (χ1v) is 11.1. The largest absolute Gasteiger partial charge is 0.467 e. The molecule has 3 aromatic rings. The van der Waals surface area contributed by atoms with Gasteiger partial charge >= 0.3 is 0 Å². The van der Waals surface area contributed by atoms with E-state index >= 15 is 0 Å². The van der Waals surface area contributed by atoms with Crippen molar-refractivity contribution in [1.29, 1.82) is 0 Å². The predicted molar refractivity (Wildman–Crippen MR) is 134 cm³/mol. The average molecular weight is 476 g/mol. The molecule has 0 N–H and O–H groups in total. The van der Waals surface area contributed by atoms with Crippen LogP contribution in [-0.4, -0.2) is 41.2 Å². The van der Waals surface area contributed by atoms with Crippen LogP contribution in [0, 0.1) is 10.1 Å². The molecule has 10 heteroatoms. The molecule has 0 saturated carbocycles. The number of benzene rings is 2. The molecule has 0 spiro atoms. The number of nitro benzene ring substituents is 1. The fourth-order valence-corrected chi connectivity index (χ4v) is 4.06. The highest BCUT2D eigenvalue weighted by atomic mass is 32.2. The van der Waals surface area contributed by atoms with Gasteiger partial charge in [0, 0.05) is 31.9 Å². The van der Waals surface area contributed by atoms with Gasteiger partial charge in [0.15, 0.2) is 5.17 Å². The van der Waals surface area contributed by atoms with Gasteiger partial charge in [-0.15, -0.1) is 5.10 Å². The van der Waals surface area contributed by atoms with Crippen LogP contribution in [0.15, 0.2) is 86.5 Å². The van der Waals surface area contributed by atoms with Crippen LogP contribution >= 0.6 is 11.8 Å². The minimum Gasteiger partial charge on any atom is -0.467 e. The summed E-state index contributed by atoms with van der Waals surface area (Å²) in [5.74, 6) is 0.366. The van der Waals surface area contributed by atoms with Crippen molar-refractivity contribution in [2.24, 2.45) is 10.2 Å². The van der Waals surface area contributed by atoms with E-state index in [1.165, 1.54) is 28.8 Å².